The van der Waals surface area contributed by atoms with Gasteiger partial charge < -0.3 is 9.47 Å². The number of ether oxygens (including phenoxy) is 2. The summed E-state index contributed by atoms with van der Waals surface area (Å²) in [5, 5.41) is 0. The van der Waals surface area contributed by atoms with Crippen molar-refractivity contribution in [2.24, 2.45) is 0 Å². The van der Waals surface area contributed by atoms with E-state index < -0.39 is 11.7 Å². The number of benzene rings is 2. The minimum Gasteiger partial charge on any atom is -0.497 e. The molecule has 2 aromatic carbocycles. The van der Waals surface area contributed by atoms with Crippen molar-refractivity contribution in [3.8, 4) is 11.5 Å². The van der Waals surface area contributed by atoms with Crippen LogP contribution in [-0.2, 0) is 6.18 Å². The molecule has 0 amide bonds. The highest BCUT2D eigenvalue weighted by molar-refractivity contribution is 5.39. The number of rotatable bonds is 2. The van der Waals surface area contributed by atoms with E-state index >= 15 is 0 Å². The van der Waals surface area contributed by atoms with E-state index in [2.05, 4.69) is 0 Å². The second-order valence-corrected chi connectivity index (χ2v) is 4.70. The molecule has 0 aliphatic heterocycles. The van der Waals surface area contributed by atoms with Crippen LogP contribution >= 0.6 is 0 Å². The number of alkyl halides is 3. The maximum atomic E-state index is 12.0. The molecule has 22 heavy (non-hydrogen) atoms. The zero-order chi connectivity index (χ0) is 16.8. The first-order valence-corrected chi connectivity index (χ1v) is 6.60. The van der Waals surface area contributed by atoms with E-state index in [1.165, 1.54) is 6.07 Å². The maximum absolute atomic E-state index is 12.0. The summed E-state index contributed by atoms with van der Waals surface area (Å²) in [6.07, 6.45) is -4.22. The highest BCUT2D eigenvalue weighted by atomic mass is 19.4. The van der Waals surface area contributed by atoms with Crippen LogP contribution in [0, 0.1) is 13.8 Å². The predicted molar refractivity (Wildman–Crippen MR) is 80.5 cm³/mol. The first-order chi connectivity index (χ1) is 10.3. The summed E-state index contributed by atoms with van der Waals surface area (Å²) in [6.45, 7) is 3.62. The normalized spacial score (nSPS) is 10.5. The van der Waals surface area contributed by atoms with Gasteiger partial charge >= 0.3 is 6.18 Å². The molecule has 0 spiro atoms. The van der Waals surface area contributed by atoms with Gasteiger partial charge in [-0.15, -0.1) is 0 Å². The van der Waals surface area contributed by atoms with Crippen LogP contribution in [0.2, 0.25) is 0 Å². The Morgan fingerprint density at radius 1 is 0.864 bits per heavy atom. The van der Waals surface area contributed by atoms with Crippen LogP contribution in [0.5, 0.6) is 11.5 Å². The van der Waals surface area contributed by atoms with Crippen LogP contribution in [-0.4, -0.2) is 14.2 Å². The van der Waals surface area contributed by atoms with Crippen LogP contribution in [0.25, 0.3) is 0 Å². The van der Waals surface area contributed by atoms with Gasteiger partial charge in [-0.2, -0.15) is 13.2 Å². The summed E-state index contributed by atoms with van der Waals surface area (Å²) in [5.41, 5.74) is 1.13. The molecule has 0 unspecified atom stereocenters. The summed E-state index contributed by atoms with van der Waals surface area (Å²) in [6, 6.07) is 10.9. The van der Waals surface area contributed by atoms with Crippen LogP contribution in [0.15, 0.2) is 42.5 Å². The Balaban J connectivity index is 0.000000220. The topological polar surface area (TPSA) is 18.5 Å². The van der Waals surface area contributed by atoms with Gasteiger partial charge in [-0.25, -0.2) is 0 Å². The smallest absolute Gasteiger partial charge is 0.416 e. The molecule has 2 aromatic rings. The summed E-state index contributed by atoms with van der Waals surface area (Å²) in [7, 11) is 3.32. The van der Waals surface area contributed by atoms with Gasteiger partial charge in [0.1, 0.15) is 11.5 Å². The van der Waals surface area contributed by atoms with E-state index in [0.717, 1.165) is 29.2 Å². The number of aryl methyl sites for hydroxylation is 2. The van der Waals surface area contributed by atoms with E-state index in [-0.39, 0.29) is 0 Å². The second-order valence-electron chi connectivity index (χ2n) is 4.70. The number of methoxy groups -OCH3 is 2. The van der Waals surface area contributed by atoms with Crippen molar-refractivity contribution in [2.45, 2.75) is 20.0 Å². The summed E-state index contributed by atoms with van der Waals surface area (Å²) in [4.78, 5) is 0. The molecule has 0 atom stereocenters. The maximum Gasteiger partial charge on any atom is 0.416 e. The predicted octanol–water partition coefficient (Wildman–Crippen LogP) is 5.03. The first-order valence-electron chi connectivity index (χ1n) is 6.60. The molecule has 0 aromatic heterocycles. The Morgan fingerprint density at radius 2 is 1.55 bits per heavy atom. The summed E-state index contributed by atoms with van der Waals surface area (Å²) >= 11 is 0. The average molecular weight is 312 g/mol. The van der Waals surface area contributed by atoms with Gasteiger partial charge in [-0.1, -0.05) is 23.8 Å². The lowest BCUT2D eigenvalue weighted by atomic mass is 10.1. The van der Waals surface area contributed by atoms with Crippen molar-refractivity contribution in [3.05, 3.63) is 59.2 Å². The van der Waals surface area contributed by atoms with Crippen LogP contribution in [0.3, 0.4) is 0 Å². The van der Waals surface area contributed by atoms with Crippen LogP contribution in [0.1, 0.15) is 16.7 Å². The fraction of sp³-hybridized carbons (Fsp3) is 0.294. The number of hydrogen-bond acceptors (Lipinski definition) is 2. The average Bonchev–Trinajstić information content (AvgIpc) is 2.47. The Hall–Kier alpha value is -2.17. The van der Waals surface area contributed by atoms with E-state index in [1.807, 2.05) is 25.1 Å². The first kappa shape index (κ1) is 17.9. The van der Waals surface area contributed by atoms with Crippen molar-refractivity contribution in [2.75, 3.05) is 14.2 Å². The number of hydrogen-bond donors (Lipinski definition) is 0. The molecular formula is C17H19F3O2. The molecular weight excluding hydrogens is 293 g/mol. The molecule has 5 heteroatoms. The monoisotopic (exact) mass is 312 g/mol. The third-order valence-electron chi connectivity index (χ3n) is 2.95. The summed E-state index contributed by atoms with van der Waals surface area (Å²) < 4.78 is 46.0. The van der Waals surface area contributed by atoms with Crippen molar-refractivity contribution in [1.29, 1.82) is 0 Å². The third-order valence-corrected chi connectivity index (χ3v) is 2.95. The standard InChI is InChI=1S/C9H12O2.C8H7F3/c1-7-6-8(10-2)4-5-9(7)11-3;1-6-3-2-4-7(5-6)8(9,10)11/h4-6H,1-3H3;2-5H,1H3. The van der Waals surface area contributed by atoms with E-state index in [0.29, 0.717) is 5.56 Å². The number of halogens is 3. The molecule has 0 heterocycles. The fourth-order valence-electron chi connectivity index (χ4n) is 1.80. The molecule has 0 fully saturated rings. The van der Waals surface area contributed by atoms with Crippen LogP contribution in [0.4, 0.5) is 13.2 Å². The molecule has 0 radical (unpaired) electrons. The molecule has 120 valence electrons. The Labute approximate surface area is 128 Å². The van der Waals surface area contributed by atoms with Gasteiger partial charge in [0, 0.05) is 0 Å². The Bertz CT molecular complexity index is 607. The van der Waals surface area contributed by atoms with Crippen molar-refractivity contribution in [1.82, 2.24) is 0 Å². The zero-order valence-electron chi connectivity index (χ0n) is 13.0. The van der Waals surface area contributed by atoms with E-state index in [9.17, 15) is 13.2 Å². The lowest BCUT2D eigenvalue weighted by Crippen LogP contribution is -2.04. The summed E-state index contributed by atoms with van der Waals surface area (Å²) in [5.74, 6) is 1.76. The van der Waals surface area contributed by atoms with E-state index in [1.54, 1.807) is 27.2 Å². The molecule has 0 saturated heterocycles. The second kappa shape index (κ2) is 7.73. The highest BCUT2D eigenvalue weighted by Crippen LogP contribution is 2.29. The minimum atomic E-state index is -4.22. The molecule has 2 rings (SSSR count). The van der Waals surface area contributed by atoms with Crippen molar-refractivity contribution >= 4 is 0 Å². The van der Waals surface area contributed by atoms with Gasteiger partial charge in [0.2, 0.25) is 0 Å². The Kier molecular flexibility index (Phi) is 6.28. The lowest BCUT2D eigenvalue weighted by Gasteiger charge is -2.05. The fourth-order valence-corrected chi connectivity index (χ4v) is 1.80. The van der Waals surface area contributed by atoms with Gasteiger partial charge in [-0.05, 0) is 43.7 Å². The molecule has 0 saturated carbocycles. The van der Waals surface area contributed by atoms with Crippen molar-refractivity contribution in [3.63, 3.8) is 0 Å². The van der Waals surface area contributed by atoms with Gasteiger partial charge in [0.05, 0.1) is 19.8 Å². The minimum absolute atomic E-state index is 0.586. The van der Waals surface area contributed by atoms with Gasteiger partial charge in [-0.3, -0.25) is 0 Å². The molecule has 0 aliphatic carbocycles. The lowest BCUT2D eigenvalue weighted by molar-refractivity contribution is -0.137. The van der Waals surface area contributed by atoms with Gasteiger partial charge in [0.25, 0.3) is 0 Å². The third kappa shape index (κ3) is 5.31. The van der Waals surface area contributed by atoms with Crippen LogP contribution < -0.4 is 9.47 Å². The SMILES string of the molecule is COc1ccc(OC)c(C)c1.Cc1cccc(C(F)(F)F)c1. The molecule has 0 bridgehead atoms. The van der Waals surface area contributed by atoms with Gasteiger partial charge in [0.15, 0.2) is 0 Å². The molecule has 0 N–H and O–H groups in total. The molecule has 2 nitrogen and oxygen atoms in total. The largest absolute Gasteiger partial charge is 0.497 e. The van der Waals surface area contributed by atoms with E-state index in [4.69, 9.17) is 9.47 Å². The quantitative estimate of drug-likeness (QED) is 0.774. The van der Waals surface area contributed by atoms with Crippen molar-refractivity contribution < 1.29 is 22.6 Å². The Morgan fingerprint density at radius 3 is 1.95 bits per heavy atom. The zero-order valence-corrected chi connectivity index (χ0v) is 13.0. The highest BCUT2D eigenvalue weighted by Gasteiger charge is 2.29. The molecule has 0 aliphatic rings.